The molecule has 0 fully saturated rings. The molecule has 3 N–H and O–H groups in total. The van der Waals surface area contributed by atoms with Crippen molar-refractivity contribution in [3.8, 4) is 0 Å². The predicted octanol–water partition coefficient (Wildman–Crippen LogP) is 1.33. The third kappa shape index (κ3) is 4.22. The van der Waals surface area contributed by atoms with Crippen LogP contribution in [-0.2, 0) is 4.43 Å². The zero-order valence-electron chi connectivity index (χ0n) is 9.42. The first-order valence-electron chi connectivity index (χ1n) is 4.71. The van der Waals surface area contributed by atoms with E-state index < -0.39 is 8.32 Å². The second-order valence-corrected chi connectivity index (χ2v) is 9.82. The highest BCUT2D eigenvalue weighted by Gasteiger charge is 2.37. The molecule has 0 aliphatic heterocycles. The summed E-state index contributed by atoms with van der Waals surface area (Å²) in [5, 5.41) is 8.96. The summed E-state index contributed by atoms with van der Waals surface area (Å²) in [4.78, 5) is 0. The first kappa shape index (κ1) is 13.1. The summed E-state index contributed by atoms with van der Waals surface area (Å²) in [7, 11) is -1.68. The molecule has 0 bridgehead atoms. The Kier molecular flexibility index (Phi) is 4.58. The third-order valence-corrected chi connectivity index (χ3v) is 7.20. The summed E-state index contributed by atoms with van der Waals surface area (Å²) in [6.07, 6.45) is 0. The normalized spacial score (nSPS) is 15.9. The van der Waals surface area contributed by atoms with Crippen LogP contribution in [0.1, 0.15) is 20.8 Å². The minimum atomic E-state index is -1.68. The van der Waals surface area contributed by atoms with E-state index in [1.54, 1.807) is 0 Å². The van der Waals surface area contributed by atoms with Crippen molar-refractivity contribution in [3.63, 3.8) is 0 Å². The maximum atomic E-state index is 8.74. The van der Waals surface area contributed by atoms with Crippen LogP contribution in [0.15, 0.2) is 0 Å². The predicted molar refractivity (Wildman–Crippen MR) is 58.2 cm³/mol. The molecule has 0 spiro atoms. The molecule has 4 heteroatoms. The summed E-state index contributed by atoms with van der Waals surface area (Å²) in [5.74, 6) is 0. The van der Waals surface area contributed by atoms with Gasteiger partial charge < -0.3 is 15.3 Å². The maximum absolute atomic E-state index is 8.74. The van der Waals surface area contributed by atoms with E-state index in [0.29, 0.717) is 6.61 Å². The lowest BCUT2D eigenvalue weighted by Gasteiger charge is -2.36. The molecule has 0 rings (SSSR count). The molecule has 0 saturated carbocycles. The second-order valence-electron chi connectivity index (χ2n) is 5.01. The summed E-state index contributed by atoms with van der Waals surface area (Å²) < 4.78 is 5.80. The van der Waals surface area contributed by atoms with Gasteiger partial charge in [0.25, 0.3) is 0 Å². The first-order valence-corrected chi connectivity index (χ1v) is 7.62. The standard InChI is InChI=1S/C9H23NO2Si/c1-9(2,3)13(4,5)12-7-8(10)6-11/h8,11H,6-7,10H2,1-5H3/t8-/m1/s1. The van der Waals surface area contributed by atoms with E-state index in [0.717, 1.165) is 0 Å². The minimum absolute atomic E-state index is 0.00533. The van der Waals surface area contributed by atoms with Crippen molar-refractivity contribution in [1.29, 1.82) is 0 Å². The van der Waals surface area contributed by atoms with Gasteiger partial charge in [0.2, 0.25) is 0 Å². The van der Waals surface area contributed by atoms with Crippen LogP contribution < -0.4 is 5.73 Å². The highest BCUT2D eigenvalue weighted by Crippen LogP contribution is 2.36. The number of nitrogens with two attached hydrogens (primary N) is 1. The maximum Gasteiger partial charge on any atom is 0.192 e. The van der Waals surface area contributed by atoms with Crippen molar-refractivity contribution in [1.82, 2.24) is 0 Å². The number of hydrogen-bond donors (Lipinski definition) is 2. The number of aliphatic hydroxyl groups excluding tert-OH is 1. The van der Waals surface area contributed by atoms with Gasteiger partial charge in [-0.15, -0.1) is 0 Å². The van der Waals surface area contributed by atoms with Crippen LogP contribution in [0, 0.1) is 0 Å². The van der Waals surface area contributed by atoms with Gasteiger partial charge in [0.15, 0.2) is 8.32 Å². The topological polar surface area (TPSA) is 55.5 Å². The van der Waals surface area contributed by atoms with Gasteiger partial charge in [-0.1, -0.05) is 20.8 Å². The van der Waals surface area contributed by atoms with Gasteiger partial charge in [-0.2, -0.15) is 0 Å². The van der Waals surface area contributed by atoms with Crippen LogP contribution in [0.2, 0.25) is 18.1 Å². The van der Waals surface area contributed by atoms with Crippen molar-refractivity contribution in [2.45, 2.75) is 44.9 Å². The van der Waals surface area contributed by atoms with Crippen molar-refractivity contribution in [3.05, 3.63) is 0 Å². The van der Waals surface area contributed by atoms with E-state index in [9.17, 15) is 0 Å². The molecule has 0 saturated heterocycles. The lowest BCUT2D eigenvalue weighted by molar-refractivity contribution is 0.196. The van der Waals surface area contributed by atoms with Crippen LogP contribution in [0.25, 0.3) is 0 Å². The van der Waals surface area contributed by atoms with Crippen LogP contribution in [0.4, 0.5) is 0 Å². The summed E-state index contributed by atoms with van der Waals surface area (Å²) in [6, 6.07) is -0.242. The Hall–Kier alpha value is 0.0969. The largest absolute Gasteiger partial charge is 0.415 e. The average molecular weight is 205 g/mol. The van der Waals surface area contributed by atoms with Gasteiger partial charge in [0.05, 0.1) is 13.2 Å². The van der Waals surface area contributed by atoms with Crippen molar-refractivity contribution >= 4 is 8.32 Å². The van der Waals surface area contributed by atoms with Gasteiger partial charge in [-0.05, 0) is 18.1 Å². The fourth-order valence-corrected chi connectivity index (χ4v) is 1.65. The molecule has 0 aromatic carbocycles. The molecule has 13 heavy (non-hydrogen) atoms. The van der Waals surface area contributed by atoms with Gasteiger partial charge >= 0.3 is 0 Å². The molecule has 0 aliphatic rings. The number of aliphatic hydroxyl groups is 1. The van der Waals surface area contributed by atoms with E-state index in [1.807, 2.05) is 0 Å². The second kappa shape index (κ2) is 4.55. The Labute approximate surface area is 82.4 Å². The zero-order chi connectivity index (χ0) is 10.7. The van der Waals surface area contributed by atoms with Crippen molar-refractivity contribution in [2.75, 3.05) is 13.2 Å². The quantitative estimate of drug-likeness (QED) is 0.681. The zero-order valence-corrected chi connectivity index (χ0v) is 10.4. The van der Waals surface area contributed by atoms with Gasteiger partial charge in [0.1, 0.15) is 0 Å². The molecule has 0 heterocycles. The Morgan fingerprint density at radius 1 is 1.38 bits per heavy atom. The minimum Gasteiger partial charge on any atom is -0.415 e. The van der Waals surface area contributed by atoms with Crippen molar-refractivity contribution < 1.29 is 9.53 Å². The average Bonchev–Trinajstić information content (AvgIpc) is 1.98. The van der Waals surface area contributed by atoms with Crippen LogP contribution in [0.5, 0.6) is 0 Å². The Morgan fingerprint density at radius 3 is 2.15 bits per heavy atom. The molecular formula is C9H23NO2Si. The van der Waals surface area contributed by atoms with E-state index in [-0.39, 0.29) is 17.7 Å². The van der Waals surface area contributed by atoms with Crippen LogP contribution in [-0.4, -0.2) is 32.7 Å². The molecule has 3 nitrogen and oxygen atoms in total. The fraction of sp³-hybridized carbons (Fsp3) is 1.00. The fourth-order valence-electron chi connectivity index (χ4n) is 0.585. The Bertz CT molecular complexity index is 154. The summed E-state index contributed by atoms with van der Waals surface area (Å²) in [6.45, 7) is 11.4. The number of hydrogen-bond acceptors (Lipinski definition) is 3. The Morgan fingerprint density at radius 2 is 1.85 bits per heavy atom. The molecular weight excluding hydrogens is 182 g/mol. The van der Waals surface area contributed by atoms with Gasteiger partial charge in [-0.25, -0.2) is 0 Å². The number of rotatable bonds is 4. The molecule has 1 atom stereocenters. The molecule has 0 radical (unpaired) electrons. The summed E-state index contributed by atoms with van der Waals surface area (Å²) >= 11 is 0. The lowest BCUT2D eigenvalue weighted by Crippen LogP contribution is -2.44. The third-order valence-electron chi connectivity index (χ3n) is 2.70. The van der Waals surface area contributed by atoms with E-state index in [1.165, 1.54) is 0 Å². The van der Waals surface area contributed by atoms with E-state index in [4.69, 9.17) is 15.3 Å². The summed E-state index contributed by atoms with van der Waals surface area (Å²) in [5.41, 5.74) is 5.57. The first-order chi connectivity index (χ1) is 5.70. The lowest BCUT2D eigenvalue weighted by atomic mass is 10.2. The van der Waals surface area contributed by atoms with E-state index >= 15 is 0 Å². The van der Waals surface area contributed by atoms with Gasteiger partial charge in [-0.3, -0.25) is 0 Å². The molecule has 80 valence electrons. The molecule has 0 unspecified atom stereocenters. The molecule has 0 aliphatic carbocycles. The monoisotopic (exact) mass is 205 g/mol. The van der Waals surface area contributed by atoms with Crippen LogP contribution >= 0.6 is 0 Å². The molecule has 0 aromatic rings. The smallest absolute Gasteiger partial charge is 0.192 e. The SMILES string of the molecule is CC(C)(C)[Si](C)(C)OC[C@H](N)CO. The molecule has 0 aromatic heterocycles. The van der Waals surface area contributed by atoms with E-state index in [2.05, 4.69) is 33.9 Å². The van der Waals surface area contributed by atoms with Gasteiger partial charge in [0, 0.05) is 6.04 Å². The van der Waals surface area contributed by atoms with Crippen molar-refractivity contribution in [2.24, 2.45) is 5.73 Å². The highest BCUT2D eigenvalue weighted by molar-refractivity contribution is 6.74. The highest BCUT2D eigenvalue weighted by atomic mass is 28.4. The Balaban J connectivity index is 4.04. The molecule has 0 amide bonds. The van der Waals surface area contributed by atoms with Crippen LogP contribution in [0.3, 0.4) is 0 Å².